The smallest absolute Gasteiger partial charge is 0.310 e. The number of rotatable bonds is 4. The fourth-order valence-corrected chi connectivity index (χ4v) is 1.53. The lowest BCUT2D eigenvalue weighted by Crippen LogP contribution is -2.07. The van der Waals surface area contributed by atoms with Gasteiger partial charge < -0.3 is 14.8 Å². The Balaban J connectivity index is 2.10. The third-order valence-electron chi connectivity index (χ3n) is 2.65. The number of hydrogen-bond acceptors (Lipinski definition) is 4. The lowest BCUT2D eigenvalue weighted by molar-refractivity contribution is -0.138. The number of aryl methyl sites for hydroxylation is 1. The molecule has 0 radical (unpaired) electrons. The third-order valence-corrected chi connectivity index (χ3v) is 2.65. The van der Waals surface area contributed by atoms with Crippen molar-refractivity contribution in [3.63, 3.8) is 0 Å². The van der Waals surface area contributed by atoms with E-state index in [1.165, 1.54) is 0 Å². The second-order valence-corrected chi connectivity index (χ2v) is 4.10. The van der Waals surface area contributed by atoms with Gasteiger partial charge >= 0.3 is 5.97 Å². The monoisotopic (exact) mass is 246 g/mol. The Morgan fingerprint density at radius 3 is 2.56 bits per heavy atom. The molecule has 18 heavy (non-hydrogen) atoms. The molecule has 0 fully saturated rings. The van der Waals surface area contributed by atoms with E-state index in [0.717, 1.165) is 16.9 Å². The van der Waals surface area contributed by atoms with Crippen LogP contribution in [0, 0.1) is 6.92 Å². The molecule has 0 aliphatic carbocycles. The van der Waals surface area contributed by atoms with E-state index in [1.807, 2.05) is 6.92 Å². The van der Waals surface area contributed by atoms with Crippen molar-refractivity contribution in [2.75, 3.05) is 5.32 Å². The number of benzene rings is 1. The minimum atomic E-state index is -0.834. The molecule has 0 unspecified atom stereocenters. The molecule has 0 amide bonds. The number of anilines is 2. The molecule has 1 atom stereocenters. The van der Waals surface area contributed by atoms with Gasteiger partial charge in [0, 0.05) is 5.69 Å². The lowest BCUT2D eigenvalue weighted by Gasteiger charge is -2.07. The number of hydrogen-bond donors (Lipinski definition) is 2. The Labute approximate surface area is 104 Å². The lowest BCUT2D eigenvalue weighted by atomic mass is 10.0. The van der Waals surface area contributed by atoms with Crippen LogP contribution in [-0.4, -0.2) is 16.1 Å². The quantitative estimate of drug-likeness (QED) is 0.867. The predicted molar refractivity (Wildman–Crippen MR) is 67.0 cm³/mol. The van der Waals surface area contributed by atoms with Crippen molar-refractivity contribution < 1.29 is 14.3 Å². The third kappa shape index (κ3) is 2.68. The molecular formula is C13H14N2O3. The highest BCUT2D eigenvalue weighted by molar-refractivity contribution is 5.75. The highest BCUT2D eigenvalue weighted by Gasteiger charge is 2.13. The first-order valence-corrected chi connectivity index (χ1v) is 5.58. The fraction of sp³-hybridized carbons (Fsp3) is 0.231. The first-order valence-electron chi connectivity index (χ1n) is 5.58. The van der Waals surface area contributed by atoms with Gasteiger partial charge in [0.2, 0.25) is 0 Å². The number of nitrogens with one attached hydrogen (secondary N) is 1. The summed E-state index contributed by atoms with van der Waals surface area (Å²) in [5.41, 5.74) is 2.36. The Kier molecular flexibility index (Phi) is 3.32. The number of carboxylic acids is 1. The zero-order valence-electron chi connectivity index (χ0n) is 10.2. The van der Waals surface area contributed by atoms with E-state index in [2.05, 4.69) is 10.3 Å². The molecule has 1 aromatic carbocycles. The summed E-state index contributed by atoms with van der Waals surface area (Å²) in [7, 11) is 0. The molecule has 0 bridgehead atoms. The molecule has 2 N–H and O–H groups in total. The zero-order valence-corrected chi connectivity index (χ0v) is 10.2. The van der Waals surface area contributed by atoms with E-state index in [-0.39, 0.29) is 0 Å². The summed E-state index contributed by atoms with van der Waals surface area (Å²) in [6.07, 6.45) is 1.56. The first-order chi connectivity index (χ1) is 8.56. The molecule has 0 spiro atoms. The van der Waals surface area contributed by atoms with Gasteiger partial charge in [0.15, 0.2) is 0 Å². The molecule has 1 heterocycles. The number of carboxylic acid groups (broad SMARTS) is 1. The van der Waals surface area contributed by atoms with Crippen molar-refractivity contribution in [3.05, 3.63) is 41.8 Å². The summed E-state index contributed by atoms with van der Waals surface area (Å²) in [6.45, 7) is 3.49. The Morgan fingerprint density at radius 2 is 2.06 bits per heavy atom. The Morgan fingerprint density at radius 1 is 1.39 bits per heavy atom. The summed E-state index contributed by atoms with van der Waals surface area (Å²) in [5.74, 6) is -1.35. The van der Waals surface area contributed by atoms with E-state index >= 15 is 0 Å². The van der Waals surface area contributed by atoms with Gasteiger partial charge in [0.05, 0.1) is 11.6 Å². The van der Waals surface area contributed by atoms with Crippen LogP contribution in [0.1, 0.15) is 24.1 Å². The number of nitrogens with zero attached hydrogens (tertiary/aromatic N) is 1. The molecule has 1 aromatic heterocycles. The van der Waals surface area contributed by atoms with Crippen LogP contribution in [0.15, 0.2) is 34.9 Å². The summed E-state index contributed by atoms with van der Waals surface area (Å²) in [6, 6.07) is 7.57. The molecule has 2 rings (SSSR count). The van der Waals surface area contributed by atoms with Crippen LogP contribution in [0.5, 0.6) is 0 Å². The van der Waals surface area contributed by atoms with Crippen molar-refractivity contribution in [3.8, 4) is 0 Å². The highest BCUT2D eigenvalue weighted by Crippen LogP contribution is 2.20. The molecule has 0 aliphatic heterocycles. The summed E-state index contributed by atoms with van der Waals surface area (Å²) in [5, 5.41) is 11.9. The predicted octanol–water partition coefficient (Wildman–Crippen LogP) is 2.91. The maximum absolute atomic E-state index is 10.8. The molecular weight excluding hydrogens is 232 g/mol. The molecule has 94 valence electrons. The second kappa shape index (κ2) is 4.91. The zero-order chi connectivity index (χ0) is 13.1. The normalized spacial score (nSPS) is 12.1. The van der Waals surface area contributed by atoms with Gasteiger partial charge in [-0.25, -0.2) is 0 Å². The largest absolute Gasteiger partial charge is 0.481 e. The van der Waals surface area contributed by atoms with Crippen LogP contribution in [0.2, 0.25) is 0 Å². The molecule has 5 nitrogen and oxygen atoms in total. The molecule has 2 aromatic rings. The number of oxazole rings is 1. The number of aliphatic carboxylic acids is 1. The van der Waals surface area contributed by atoms with E-state index in [1.54, 1.807) is 37.5 Å². The van der Waals surface area contributed by atoms with Gasteiger partial charge in [-0.1, -0.05) is 12.1 Å². The summed E-state index contributed by atoms with van der Waals surface area (Å²) < 4.78 is 5.17. The number of aromatic nitrogens is 1. The van der Waals surface area contributed by atoms with E-state index in [4.69, 9.17) is 9.52 Å². The van der Waals surface area contributed by atoms with Crippen LogP contribution in [-0.2, 0) is 4.79 Å². The standard InChI is InChI=1S/C13H14N2O3/c1-8-7-18-13(14-8)15-11-5-3-10(4-6-11)9(2)12(16)17/h3-7,9H,1-2H3,(H,14,15)(H,16,17)/t9-/m0/s1. The van der Waals surface area contributed by atoms with Crippen LogP contribution < -0.4 is 5.32 Å². The van der Waals surface area contributed by atoms with Crippen LogP contribution in [0.25, 0.3) is 0 Å². The first kappa shape index (κ1) is 12.2. The summed E-state index contributed by atoms with van der Waals surface area (Å²) in [4.78, 5) is 15.0. The van der Waals surface area contributed by atoms with E-state index < -0.39 is 11.9 Å². The molecule has 0 saturated carbocycles. The fourth-order valence-electron chi connectivity index (χ4n) is 1.53. The van der Waals surface area contributed by atoms with E-state index in [9.17, 15) is 4.79 Å². The van der Waals surface area contributed by atoms with Gasteiger partial charge in [-0.2, -0.15) is 4.98 Å². The van der Waals surface area contributed by atoms with Crippen LogP contribution in [0.4, 0.5) is 11.7 Å². The van der Waals surface area contributed by atoms with Gasteiger partial charge in [0.25, 0.3) is 6.01 Å². The average Bonchev–Trinajstić information content (AvgIpc) is 2.75. The van der Waals surface area contributed by atoms with Crippen molar-refractivity contribution in [2.24, 2.45) is 0 Å². The van der Waals surface area contributed by atoms with Crippen molar-refractivity contribution in [1.82, 2.24) is 4.98 Å². The van der Waals surface area contributed by atoms with Crippen LogP contribution in [0.3, 0.4) is 0 Å². The minimum Gasteiger partial charge on any atom is -0.481 e. The highest BCUT2D eigenvalue weighted by atomic mass is 16.4. The Hall–Kier alpha value is -2.30. The van der Waals surface area contributed by atoms with Gasteiger partial charge in [-0.05, 0) is 31.5 Å². The van der Waals surface area contributed by atoms with Crippen molar-refractivity contribution >= 4 is 17.7 Å². The SMILES string of the molecule is Cc1coc(Nc2ccc([C@H](C)C(=O)O)cc2)n1. The molecule has 0 saturated heterocycles. The minimum absolute atomic E-state index is 0.423. The topological polar surface area (TPSA) is 75.4 Å². The van der Waals surface area contributed by atoms with Crippen molar-refractivity contribution in [2.45, 2.75) is 19.8 Å². The van der Waals surface area contributed by atoms with Gasteiger partial charge in [0.1, 0.15) is 6.26 Å². The second-order valence-electron chi connectivity index (χ2n) is 4.10. The van der Waals surface area contributed by atoms with Crippen LogP contribution >= 0.6 is 0 Å². The van der Waals surface area contributed by atoms with Gasteiger partial charge in [-0.3, -0.25) is 4.79 Å². The number of carbonyl (C=O) groups is 1. The average molecular weight is 246 g/mol. The molecule has 0 aliphatic rings. The maximum Gasteiger partial charge on any atom is 0.310 e. The van der Waals surface area contributed by atoms with Crippen molar-refractivity contribution in [1.29, 1.82) is 0 Å². The summed E-state index contributed by atoms with van der Waals surface area (Å²) >= 11 is 0. The Bertz CT molecular complexity index is 546. The maximum atomic E-state index is 10.8. The van der Waals surface area contributed by atoms with Gasteiger partial charge in [-0.15, -0.1) is 0 Å². The van der Waals surface area contributed by atoms with E-state index in [0.29, 0.717) is 6.01 Å². The molecule has 5 heteroatoms.